The number of primary amides is 1. The van der Waals surface area contributed by atoms with Gasteiger partial charge in [0.1, 0.15) is 96.9 Å². The maximum Gasteiger partial charge on any atom is 0.242 e. The smallest absolute Gasteiger partial charge is 0.242 e. The number of aliphatic hydroxyl groups is 9. The number of carbonyl (C=O) groups excluding carboxylic acids is 10. The van der Waals surface area contributed by atoms with Gasteiger partial charge in [0.25, 0.3) is 0 Å². The van der Waals surface area contributed by atoms with Gasteiger partial charge < -0.3 is 139 Å². The fourth-order valence-electron chi connectivity index (χ4n) is 11.6. The summed E-state index contributed by atoms with van der Waals surface area (Å²) < 4.78 is 34.1. The lowest BCUT2D eigenvalue weighted by Crippen LogP contribution is -2.64. The molecule has 10 amide bonds. The zero-order valence-corrected chi connectivity index (χ0v) is 58.7. The van der Waals surface area contributed by atoms with Crippen molar-refractivity contribution >= 4 is 59.1 Å². The van der Waals surface area contributed by atoms with E-state index in [9.17, 15) is 99.0 Å². The van der Waals surface area contributed by atoms with Gasteiger partial charge in [-0.25, -0.2) is 0 Å². The summed E-state index contributed by atoms with van der Waals surface area (Å²) in [6.45, 7) is 2.44. The number of nitrogens with two attached hydrogens (primary N) is 2. The molecule has 0 spiro atoms. The number of hydrogen-bond donors (Lipinski definition) is 21. The number of nitrogens with one attached hydrogen (secondary N) is 9. The Balaban J connectivity index is 1.38. The second kappa shape index (κ2) is 47.5. The van der Waals surface area contributed by atoms with Crippen LogP contribution in [0, 0.1) is 0 Å². The van der Waals surface area contributed by atoms with Gasteiger partial charge in [-0.3, -0.25) is 47.9 Å². The van der Waals surface area contributed by atoms with Crippen LogP contribution in [-0.4, -0.2) is 286 Å². The minimum absolute atomic E-state index is 0.00465. The number of unbranched alkanes of at least 4 members (excludes halogenated alkanes) is 9. The molecular formula is C66H111N11O26. The highest BCUT2D eigenvalue weighted by Gasteiger charge is 2.48. The second-order valence-electron chi connectivity index (χ2n) is 25.9. The molecule has 3 aliphatic rings. The molecule has 1 aromatic carbocycles. The molecule has 3 saturated heterocycles. The van der Waals surface area contributed by atoms with Gasteiger partial charge in [-0.1, -0.05) is 50.7 Å². The highest BCUT2D eigenvalue weighted by Crippen LogP contribution is 2.26. The van der Waals surface area contributed by atoms with E-state index in [-0.39, 0.29) is 77.3 Å². The maximum atomic E-state index is 14.0. The standard InChI is InChI=1S/C66H111N11O26/c1-36(81)72-51-57(91)54(88)45(33-78)101-64(51)98-29-13-7-4-10-26-69-61(95)42(20-23-48(68)85)75-49(86)24-21-43(62(96)70-27-11-5-8-14-30-99-65-52(73-37(2)82)58(92)55(89)46(34-79)102-65)76-50(87)25-22-44(77-60(94)41(67)32-39-16-18-40(84)19-17-39)63(97)71-28-12-6-9-15-31-100-66-53(74-38(3)83)59(93)56(90)47(35-80)103-66/h16-19,41-47,51-59,64-66,78-80,84,88-93H,4-15,20-35,67H2,1-3H3,(H2,68,85)(H,69,95)(H,70,96)(H,71,97)(H,72,81)(H,73,82)(H,74,83)(H,75,86)(H,76,87)(H,77,94). The second-order valence-corrected chi connectivity index (χ2v) is 25.9. The van der Waals surface area contributed by atoms with Gasteiger partial charge in [0.15, 0.2) is 18.9 Å². The molecule has 3 fully saturated rings. The topological polar surface area (TPSA) is 589 Å². The number of amides is 10. The van der Waals surface area contributed by atoms with Crippen LogP contribution in [0.2, 0.25) is 0 Å². The molecule has 19 unspecified atom stereocenters. The zero-order chi connectivity index (χ0) is 76.1. The minimum Gasteiger partial charge on any atom is -0.508 e. The highest BCUT2D eigenvalue weighted by molar-refractivity contribution is 5.92. The molecule has 37 nitrogen and oxygen atoms in total. The van der Waals surface area contributed by atoms with Gasteiger partial charge in [0, 0.05) is 79.5 Å². The third-order valence-electron chi connectivity index (χ3n) is 17.4. The number of carbonyl (C=O) groups is 10. The van der Waals surface area contributed by atoms with E-state index in [4.69, 9.17) is 39.9 Å². The van der Waals surface area contributed by atoms with Gasteiger partial charge in [-0.15, -0.1) is 0 Å². The first-order valence-electron chi connectivity index (χ1n) is 35.2. The van der Waals surface area contributed by atoms with E-state index in [0.717, 1.165) is 0 Å². The fraction of sp³-hybridized carbons (Fsp3) is 0.758. The normalized spacial score (nSPS) is 25.9. The zero-order valence-electron chi connectivity index (χ0n) is 58.7. The molecular weight excluding hydrogens is 1360 g/mol. The highest BCUT2D eigenvalue weighted by atomic mass is 16.7. The molecule has 3 aliphatic heterocycles. The van der Waals surface area contributed by atoms with Crippen LogP contribution in [0.3, 0.4) is 0 Å². The number of hydrogen-bond acceptors (Lipinski definition) is 27. The summed E-state index contributed by atoms with van der Waals surface area (Å²) in [5.41, 5.74) is 12.3. The van der Waals surface area contributed by atoms with Crippen LogP contribution in [0.4, 0.5) is 0 Å². The monoisotopic (exact) mass is 1470 g/mol. The molecule has 0 aliphatic carbocycles. The average molecular weight is 1470 g/mol. The van der Waals surface area contributed by atoms with Crippen molar-refractivity contribution in [1.29, 1.82) is 0 Å². The first kappa shape index (κ1) is 88.5. The Morgan fingerprint density at radius 1 is 0.437 bits per heavy atom. The Kier molecular flexibility index (Phi) is 40.8. The van der Waals surface area contributed by atoms with Crippen LogP contribution in [-0.2, 0) is 82.8 Å². The summed E-state index contributed by atoms with van der Waals surface area (Å²) in [6, 6.07) is -2.58. The van der Waals surface area contributed by atoms with Crippen molar-refractivity contribution in [2.24, 2.45) is 11.5 Å². The van der Waals surface area contributed by atoms with Crippen molar-refractivity contribution < 1.29 is 127 Å². The summed E-state index contributed by atoms with van der Waals surface area (Å²) in [5.74, 6) is -6.58. The van der Waals surface area contributed by atoms with E-state index in [1.54, 1.807) is 12.1 Å². The minimum atomic E-state index is -1.50. The quantitative estimate of drug-likeness (QED) is 0.0270. The predicted molar refractivity (Wildman–Crippen MR) is 361 cm³/mol. The van der Waals surface area contributed by atoms with Crippen LogP contribution in [0.25, 0.3) is 0 Å². The average Bonchev–Trinajstić information content (AvgIpc) is 0.820. The van der Waals surface area contributed by atoms with Gasteiger partial charge in [-0.05, 0) is 81.9 Å². The predicted octanol–water partition coefficient (Wildman–Crippen LogP) is -6.55. The van der Waals surface area contributed by atoms with Crippen molar-refractivity contribution in [2.75, 3.05) is 59.3 Å². The van der Waals surface area contributed by atoms with Crippen molar-refractivity contribution in [3.05, 3.63) is 29.8 Å². The molecule has 0 bridgehead atoms. The first-order valence-corrected chi connectivity index (χ1v) is 35.2. The molecule has 37 heteroatoms. The molecule has 0 aromatic heterocycles. The summed E-state index contributed by atoms with van der Waals surface area (Å²) in [7, 11) is 0. The summed E-state index contributed by atoms with van der Waals surface area (Å²) in [6.07, 6.45) is -11.9. The Labute approximate surface area is 597 Å². The molecule has 3 heterocycles. The fourth-order valence-corrected chi connectivity index (χ4v) is 11.6. The first-order chi connectivity index (χ1) is 49.1. The molecule has 1 aromatic rings. The lowest BCUT2D eigenvalue weighted by atomic mass is 9.97. The lowest BCUT2D eigenvalue weighted by molar-refractivity contribution is -0.270. The molecule has 23 N–H and O–H groups in total. The largest absolute Gasteiger partial charge is 0.508 e. The van der Waals surface area contributed by atoms with E-state index >= 15 is 0 Å². The van der Waals surface area contributed by atoms with Crippen molar-refractivity contribution in [3.63, 3.8) is 0 Å². The van der Waals surface area contributed by atoms with Gasteiger partial charge >= 0.3 is 0 Å². The van der Waals surface area contributed by atoms with Gasteiger partial charge in [0.05, 0.1) is 25.9 Å². The van der Waals surface area contributed by atoms with E-state index < -0.39 is 208 Å². The molecule has 103 heavy (non-hydrogen) atoms. The Bertz CT molecular complexity index is 2780. The number of phenols is 1. The van der Waals surface area contributed by atoms with E-state index in [1.165, 1.54) is 32.9 Å². The SMILES string of the molecule is CC(=O)NC1C(OCCCCCCNC(=O)C(CCC(N)=O)NC(=O)CCC(NC(=O)CCC(NC(=O)C(N)Cc2ccc(O)cc2)C(=O)NCCCCCCOC2OC(CO)C(O)C(O)C2NC(C)=O)C(=O)NCCCCCCOC2OC(CO)C(O)C(O)C2NC(C)=O)OC(CO)C(O)C1O. The van der Waals surface area contributed by atoms with Crippen molar-refractivity contribution in [2.45, 2.75) is 259 Å². The van der Waals surface area contributed by atoms with Crippen LogP contribution in [0.5, 0.6) is 5.75 Å². The number of phenolic OH excluding ortho intramolecular Hbond substituents is 1. The number of rotatable bonds is 48. The number of aromatic hydroxyl groups is 1. The molecule has 0 radical (unpaired) electrons. The summed E-state index contributed by atoms with van der Waals surface area (Å²) >= 11 is 0. The Morgan fingerprint density at radius 3 is 1.06 bits per heavy atom. The Hall–Kier alpha value is -6.92. The van der Waals surface area contributed by atoms with E-state index in [1.807, 2.05) is 0 Å². The third kappa shape index (κ3) is 31.7. The number of ether oxygens (including phenoxy) is 6. The van der Waals surface area contributed by atoms with Gasteiger partial charge in [-0.2, -0.15) is 0 Å². The van der Waals surface area contributed by atoms with Crippen LogP contribution in [0.1, 0.15) is 142 Å². The van der Waals surface area contributed by atoms with E-state index in [0.29, 0.717) is 82.6 Å². The molecule has 19 atom stereocenters. The van der Waals surface area contributed by atoms with Crippen molar-refractivity contribution in [1.82, 2.24) is 47.9 Å². The van der Waals surface area contributed by atoms with Crippen molar-refractivity contribution in [3.8, 4) is 5.75 Å². The lowest BCUT2D eigenvalue weighted by Gasteiger charge is -2.42. The van der Waals surface area contributed by atoms with E-state index in [2.05, 4.69) is 47.9 Å². The van der Waals surface area contributed by atoms with Crippen LogP contribution < -0.4 is 59.3 Å². The molecule has 4 rings (SSSR count). The summed E-state index contributed by atoms with van der Waals surface area (Å²) in [4.78, 5) is 130. The third-order valence-corrected chi connectivity index (χ3v) is 17.4. The molecule has 0 saturated carbocycles. The summed E-state index contributed by atoms with van der Waals surface area (Å²) in [5, 5.41) is 125. The molecule has 586 valence electrons. The number of aliphatic hydroxyl groups excluding tert-OH is 9. The Morgan fingerprint density at radius 2 is 0.748 bits per heavy atom. The van der Waals surface area contributed by atoms with Gasteiger partial charge in [0.2, 0.25) is 59.1 Å². The van der Waals surface area contributed by atoms with Crippen LogP contribution >= 0.6 is 0 Å². The number of benzene rings is 1. The van der Waals surface area contributed by atoms with Crippen LogP contribution in [0.15, 0.2) is 24.3 Å². The maximum absolute atomic E-state index is 14.0.